The molecule has 2 atom stereocenters. The van der Waals surface area contributed by atoms with Gasteiger partial charge < -0.3 is 38.5 Å². The van der Waals surface area contributed by atoms with Gasteiger partial charge in [0, 0.05) is 6.54 Å². The third-order valence-electron chi connectivity index (χ3n) is 6.33. The molecule has 0 amide bonds. The van der Waals surface area contributed by atoms with E-state index >= 15 is 0 Å². The lowest BCUT2D eigenvalue weighted by molar-refractivity contribution is -0.143. The van der Waals surface area contributed by atoms with E-state index in [0.717, 1.165) is 0 Å². The molecule has 0 heterocycles. The van der Waals surface area contributed by atoms with Crippen LogP contribution in [0, 0.1) is 0 Å². The first kappa shape index (κ1) is 35.5. The number of hydrogen-bond donors (Lipinski definition) is 1. The Morgan fingerprint density at radius 1 is 0.854 bits per heavy atom. The number of carbonyl (C=O) groups is 4. The van der Waals surface area contributed by atoms with E-state index in [-0.39, 0.29) is 37.2 Å². The zero-order valence-electron chi connectivity index (χ0n) is 25.6. The number of carbonyl (C=O) groups excluding carboxylic acids is 4. The van der Waals surface area contributed by atoms with Crippen LogP contribution in [0.3, 0.4) is 0 Å². The third kappa shape index (κ3) is 13.6. The molecule has 1 N–H and O–H groups in total. The van der Waals surface area contributed by atoms with Crippen LogP contribution in [-0.4, -0.2) is 68.0 Å². The molecule has 0 radical (unpaired) electrons. The van der Waals surface area contributed by atoms with Gasteiger partial charge in [0.25, 0.3) is 0 Å². The minimum Gasteiger partial charge on any atom is -0.468 e. The zero-order valence-corrected chi connectivity index (χ0v) is 25.6. The molecule has 0 fully saturated rings. The lowest BCUT2D eigenvalue weighted by Crippen LogP contribution is -2.41. The third-order valence-corrected chi connectivity index (χ3v) is 6.33. The van der Waals surface area contributed by atoms with Gasteiger partial charge in [-0.2, -0.15) is 0 Å². The molecule has 1 aromatic rings. The lowest BCUT2D eigenvalue weighted by Gasteiger charge is -2.24. The molecule has 232 valence electrons. The Hall–Kier alpha value is -3.54. The summed E-state index contributed by atoms with van der Waals surface area (Å²) in [5.41, 5.74) is -1.02. The topological polar surface area (TPSA) is 145 Å². The number of benzene rings is 1. The monoisotopic (exact) mass is 583 g/mol. The number of methoxy groups -OCH3 is 1. The van der Waals surface area contributed by atoms with Gasteiger partial charge in [-0.3, -0.25) is 4.79 Å². The molecule has 0 aromatic heterocycles. The molecular weight excluding hydrogens is 538 g/mol. The van der Waals surface area contributed by atoms with Crippen molar-refractivity contribution in [3.8, 4) is 11.5 Å². The standard InChI is InChI=1S/C29H45NO11/c1-10-19(4)37-25(32)36-16-15-30-21(24(31)35-9)17-20-13-14-22(38-26(33)40-28(5,6)11-2)23(18-20)39-27(34)41-29(7,8)12-3/h13-14,18-19,21,30H,10-12,15-17H2,1-9H3/t19?,21-/m0/s1. The minimum absolute atomic E-state index is 0.0425. The predicted octanol–water partition coefficient (Wildman–Crippen LogP) is 5.72. The van der Waals surface area contributed by atoms with Crippen LogP contribution >= 0.6 is 0 Å². The summed E-state index contributed by atoms with van der Waals surface area (Å²) in [6.07, 6.45) is -1.20. The van der Waals surface area contributed by atoms with Crippen molar-refractivity contribution in [1.29, 1.82) is 0 Å². The fraction of sp³-hybridized carbons (Fsp3) is 0.655. The number of hydrogen-bond acceptors (Lipinski definition) is 12. The van der Waals surface area contributed by atoms with Crippen LogP contribution in [0.1, 0.15) is 80.2 Å². The van der Waals surface area contributed by atoms with Crippen LogP contribution < -0.4 is 14.8 Å². The summed E-state index contributed by atoms with van der Waals surface area (Å²) in [4.78, 5) is 49.1. The molecule has 12 heteroatoms. The quantitative estimate of drug-likeness (QED) is 0.117. The summed E-state index contributed by atoms with van der Waals surface area (Å²) in [6, 6.07) is 3.63. The van der Waals surface area contributed by atoms with Gasteiger partial charge in [-0.1, -0.05) is 26.8 Å². The van der Waals surface area contributed by atoms with Crippen LogP contribution in [0.25, 0.3) is 0 Å². The van der Waals surface area contributed by atoms with Gasteiger partial charge in [0.1, 0.15) is 30.0 Å². The van der Waals surface area contributed by atoms with Crippen molar-refractivity contribution in [2.45, 2.75) is 104 Å². The highest BCUT2D eigenvalue weighted by molar-refractivity contribution is 5.76. The van der Waals surface area contributed by atoms with E-state index in [9.17, 15) is 19.2 Å². The second-order valence-electron chi connectivity index (χ2n) is 10.6. The first-order chi connectivity index (χ1) is 19.1. The van der Waals surface area contributed by atoms with Gasteiger partial charge in [-0.15, -0.1) is 0 Å². The van der Waals surface area contributed by atoms with Gasteiger partial charge in [0.15, 0.2) is 11.5 Å². The first-order valence-corrected chi connectivity index (χ1v) is 13.7. The molecule has 0 aliphatic heterocycles. The number of rotatable bonds is 15. The van der Waals surface area contributed by atoms with Gasteiger partial charge in [-0.25, -0.2) is 14.4 Å². The average Bonchev–Trinajstić information content (AvgIpc) is 2.90. The van der Waals surface area contributed by atoms with E-state index in [1.807, 2.05) is 20.8 Å². The van der Waals surface area contributed by atoms with Crippen LogP contribution in [0.2, 0.25) is 0 Å². The maximum Gasteiger partial charge on any atom is 0.514 e. The summed E-state index contributed by atoms with van der Waals surface area (Å²) in [5.74, 6) is -0.748. The van der Waals surface area contributed by atoms with Crippen molar-refractivity contribution in [2.24, 2.45) is 0 Å². The van der Waals surface area contributed by atoms with Crippen LogP contribution in [0.15, 0.2) is 18.2 Å². The summed E-state index contributed by atoms with van der Waals surface area (Å²) in [5, 5.41) is 2.97. The normalized spacial score (nSPS) is 12.9. The molecule has 1 rings (SSSR count). The molecule has 0 aliphatic rings. The highest BCUT2D eigenvalue weighted by atomic mass is 16.8. The zero-order chi connectivity index (χ0) is 31.2. The minimum atomic E-state index is -0.995. The Bertz CT molecular complexity index is 1020. The van der Waals surface area contributed by atoms with E-state index in [1.165, 1.54) is 19.2 Å². The largest absolute Gasteiger partial charge is 0.514 e. The van der Waals surface area contributed by atoms with E-state index in [4.69, 9.17) is 33.2 Å². The van der Waals surface area contributed by atoms with E-state index in [2.05, 4.69) is 5.32 Å². The summed E-state index contributed by atoms with van der Waals surface area (Å²) in [7, 11) is 1.25. The van der Waals surface area contributed by atoms with Crippen molar-refractivity contribution < 1.29 is 52.3 Å². The SMILES string of the molecule is CCC(C)OC(=O)OCCN[C@@H](Cc1ccc(OC(=O)OC(C)(C)CC)c(OC(=O)OC(C)(C)CC)c1)C(=O)OC. The molecular formula is C29H45NO11. The van der Waals surface area contributed by atoms with Gasteiger partial charge >= 0.3 is 24.4 Å². The van der Waals surface area contributed by atoms with Crippen molar-refractivity contribution >= 4 is 24.4 Å². The van der Waals surface area contributed by atoms with E-state index in [0.29, 0.717) is 24.8 Å². The highest BCUT2D eigenvalue weighted by Crippen LogP contribution is 2.31. The maximum absolute atomic E-state index is 12.5. The van der Waals surface area contributed by atoms with Crippen molar-refractivity contribution in [3.63, 3.8) is 0 Å². The molecule has 41 heavy (non-hydrogen) atoms. The Balaban J connectivity index is 3.08. The molecule has 0 spiro atoms. The highest BCUT2D eigenvalue weighted by Gasteiger charge is 2.27. The molecule has 12 nitrogen and oxygen atoms in total. The average molecular weight is 584 g/mol. The number of esters is 1. The summed E-state index contributed by atoms with van der Waals surface area (Å²) >= 11 is 0. The Kier molecular flexibility index (Phi) is 14.4. The molecule has 0 aliphatic carbocycles. The first-order valence-electron chi connectivity index (χ1n) is 13.7. The number of nitrogens with one attached hydrogen (secondary N) is 1. The van der Waals surface area contributed by atoms with Crippen molar-refractivity contribution in [3.05, 3.63) is 23.8 Å². The van der Waals surface area contributed by atoms with E-state index < -0.39 is 41.7 Å². The van der Waals surface area contributed by atoms with E-state index in [1.54, 1.807) is 40.7 Å². The smallest absolute Gasteiger partial charge is 0.468 e. The fourth-order valence-corrected chi connectivity index (χ4v) is 2.93. The molecule has 0 saturated heterocycles. The molecule has 0 saturated carbocycles. The Labute approximate surface area is 242 Å². The Morgan fingerprint density at radius 3 is 1.93 bits per heavy atom. The van der Waals surface area contributed by atoms with Crippen LogP contribution in [-0.2, 0) is 34.9 Å². The second kappa shape index (κ2) is 16.7. The number of ether oxygens (including phenoxy) is 7. The van der Waals surface area contributed by atoms with Crippen molar-refractivity contribution in [1.82, 2.24) is 5.32 Å². The van der Waals surface area contributed by atoms with Gasteiger partial charge in [-0.05, 0) is 78.0 Å². The lowest BCUT2D eigenvalue weighted by atomic mass is 10.1. The van der Waals surface area contributed by atoms with Crippen LogP contribution in [0.5, 0.6) is 11.5 Å². The summed E-state index contributed by atoms with van der Waals surface area (Å²) in [6.45, 7) is 14.4. The molecule has 0 bridgehead atoms. The van der Waals surface area contributed by atoms with Gasteiger partial charge in [0.05, 0.1) is 7.11 Å². The second-order valence-corrected chi connectivity index (χ2v) is 10.6. The fourth-order valence-electron chi connectivity index (χ4n) is 2.93. The Morgan fingerprint density at radius 2 is 1.41 bits per heavy atom. The summed E-state index contributed by atoms with van der Waals surface area (Å²) < 4.78 is 36.4. The van der Waals surface area contributed by atoms with Crippen molar-refractivity contribution in [2.75, 3.05) is 20.3 Å². The maximum atomic E-state index is 12.5. The van der Waals surface area contributed by atoms with Gasteiger partial charge in [0.2, 0.25) is 0 Å². The predicted molar refractivity (Wildman–Crippen MR) is 149 cm³/mol. The molecule has 1 aromatic carbocycles. The molecule has 1 unspecified atom stereocenters. The van der Waals surface area contributed by atoms with Crippen LogP contribution in [0.4, 0.5) is 14.4 Å².